The fourth-order valence-electron chi connectivity index (χ4n) is 1.68. The van der Waals surface area contributed by atoms with E-state index in [1.165, 1.54) is 0 Å². The number of hydrogen-bond acceptors (Lipinski definition) is 5. The van der Waals surface area contributed by atoms with Crippen molar-refractivity contribution >= 4 is 11.6 Å². The molecule has 7 nitrogen and oxygen atoms in total. The summed E-state index contributed by atoms with van der Waals surface area (Å²) in [4.78, 5) is 8.48. The minimum Gasteiger partial charge on any atom is -0.346 e. The number of fused-ring (bicyclic) bond motifs is 1. The molecule has 1 N–H and O–H groups in total. The second kappa shape index (κ2) is 4.10. The largest absolute Gasteiger partial charge is 0.346 e. The zero-order valence-electron chi connectivity index (χ0n) is 10.2. The zero-order valence-corrected chi connectivity index (χ0v) is 10.2. The number of aromatic nitrogens is 6. The third-order valence-corrected chi connectivity index (χ3v) is 2.53. The van der Waals surface area contributed by atoms with Crippen molar-refractivity contribution in [3.63, 3.8) is 0 Å². The first kappa shape index (κ1) is 10.7. The van der Waals surface area contributed by atoms with E-state index >= 15 is 0 Å². The maximum Gasteiger partial charge on any atom is 0.243 e. The number of rotatable bonds is 3. The highest BCUT2D eigenvalue weighted by Gasteiger charge is 2.04. The van der Waals surface area contributed by atoms with E-state index in [2.05, 4.69) is 25.5 Å². The molecule has 0 amide bonds. The molecular weight excluding hydrogens is 230 g/mol. The second-order valence-electron chi connectivity index (χ2n) is 4.13. The molecule has 3 heterocycles. The van der Waals surface area contributed by atoms with Crippen LogP contribution in [0.15, 0.2) is 24.7 Å². The Bertz CT molecular complexity index is 682. The number of nitrogens with zero attached hydrogens (tertiary/aromatic N) is 6. The van der Waals surface area contributed by atoms with Crippen molar-refractivity contribution in [3.8, 4) is 0 Å². The summed E-state index contributed by atoms with van der Waals surface area (Å²) in [6, 6.07) is 3.95. The minimum absolute atomic E-state index is 0.511. The normalized spacial score (nSPS) is 11.0. The van der Waals surface area contributed by atoms with E-state index in [0.29, 0.717) is 18.3 Å². The molecular formula is C11H13N7. The van der Waals surface area contributed by atoms with Crippen molar-refractivity contribution in [1.82, 2.24) is 29.4 Å². The molecule has 0 aromatic carbocycles. The van der Waals surface area contributed by atoms with Crippen LogP contribution in [0.3, 0.4) is 0 Å². The van der Waals surface area contributed by atoms with Crippen LogP contribution in [0.1, 0.15) is 11.4 Å². The van der Waals surface area contributed by atoms with Crippen LogP contribution in [0.4, 0.5) is 5.95 Å². The third-order valence-electron chi connectivity index (χ3n) is 2.53. The molecule has 0 aliphatic heterocycles. The standard InChI is InChI=1S/C11H13N7/c1-8-3-4-10-14-11(16-18(10)6-8)12-5-9-13-7-17(2)15-9/h3-4,6-7H,5H2,1-2H3,(H,12,16). The topological polar surface area (TPSA) is 72.9 Å². The van der Waals surface area contributed by atoms with Crippen molar-refractivity contribution in [3.05, 3.63) is 36.0 Å². The van der Waals surface area contributed by atoms with Gasteiger partial charge in [-0.25, -0.2) is 9.50 Å². The van der Waals surface area contributed by atoms with Crippen molar-refractivity contribution in [2.24, 2.45) is 7.05 Å². The maximum absolute atomic E-state index is 4.35. The molecule has 0 fully saturated rings. The molecule has 0 bridgehead atoms. The summed E-state index contributed by atoms with van der Waals surface area (Å²) in [5.74, 6) is 1.29. The fourth-order valence-corrected chi connectivity index (χ4v) is 1.68. The molecule has 0 saturated heterocycles. The minimum atomic E-state index is 0.511. The van der Waals surface area contributed by atoms with Crippen molar-refractivity contribution < 1.29 is 0 Å². The predicted octanol–water partition coefficient (Wildman–Crippen LogP) is 0.778. The molecule has 18 heavy (non-hydrogen) atoms. The number of anilines is 1. The smallest absolute Gasteiger partial charge is 0.243 e. The van der Waals surface area contributed by atoms with Gasteiger partial charge in [0.15, 0.2) is 11.5 Å². The van der Waals surface area contributed by atoms with Crippen LogP contribution in [0.5, 0.6) is 0 Å². The molecule has 3 rings (SSSR count). The van der Waals surface area contributed by atoms with Gasteiger partial charge >= 0.3 is 0 Å². The number of pyridine rings is 1. The van der Waals surface area contributed by atoms with Gasteiger partial charge < -0.3 is 5.32 Å². The Kier molecular flexibility index (Phi) is 2.44. The summed E-state index contributed by atoms with van der Waals surface area (Å²) < 4.78 is 3.42. The summed E-state index contributed by atoms with van der Waals surface area (Å²) in [7, 11) is 1.84. The first-order valence-corrected chi connectivity index (χ1v) is 5.62. The Morgan fingerprint density at radius 3 is 2.94 bits per heavy atom. The molecule has 0 atom stereocenters. The lowest BCUT2D eigenvalue weighted by Crippen LogP contribution is -2.03. The van der Waals surface area contributed by atoms with E-state index in [1.807, 2.05) is 32.3 Å². The Balaban J connectivity index is 1.78. The van der Waals surface area contributed by atoms with Crippen molar-refractivity contribution in [2.45, 2.75) is 13.5 Å². The lowest BCUT2D eigenvalue weighted by molar-refractivity contribution is 0.746. The fraction of sp³-hybridized carbons (Fsp3) is 0.273. The van der Waals surface area contributed by atoms with Crippen LogP contribution in [0.25, 0.3) is 5.65 Å². The van der Waals surface area contributed by atoms with Crippen LogP contribution in [-0.2, 0) is 13.6 Å². The molecule has 3 aromatic heterocycles. The molecule has 0 aliphatic carbocycles. The van der Waals surface area contributed by atoms with Crippen LogP contribution in [-0.4, -0.2) is 29.4 Å². The summed E-state index contributed by atoms with van der Waals surface area (Å²) in [6.07, 6.45) is 3.60. The SMILES string of the molecule is Cc1ccc2nc(NCc3ncn(C)n3)nn2c1. The van der Waals surface area contributed by atoms with E-state index in [1.54, 1.807) is 15.5 Å². The van der Waals surface area contributed by atoms with E-state index in [4.69, 9.17) is 0 Å². The van der Waals surface area contributed by atoms with Crippen LogP contribution in [0.2, 0.25) is 0 Å². The number of aryl methyl sites for hydroxylation is 2. The van der Waals surface area contributed by atoms with Gasteiger partial charge in [0.25, 0.3) is 0 Å². The number of hydrogen-bond donors (Lipinski definition) is 1. The Morgan fingerprint density at radius 2 is 2.17 bits per heavy atom. The van der Waals surface area contributed by atoms with Crippen molar-refractivity contribution in [1.29, 1.82) is 0 Å². The highest BCUT2D eigenvalue weighted by Crippen LogP contribution is 2.07. The molecule has 7 heteroatoms. The summed E-state index contributed by atoms with van der Waals surface area (Å²) >= 11 is 0. The van der Waals surface area contributed by atoms with Gasteiger partial charge in [-0.15, -0.1) is 5.10 Å². The summed E-state index contributed by atoms with van der Waals surface area (Å²) in [5, 5.41) is 11.6. The second-order valence-corrected chi connectivity index (χ2v) is 4.13. The van der Waals surface area contributed by atoms with Gasteiger partial charge in [0.05, 0.1) is 6.54 Å². The van der Waals surface area contributed by atoms with Crippen molar-refractivity contribution in [2.75, 3.05) is 5.32 Å². The van der Waals surface area contributed by atoms with Crippen LogP contribution >= 0.6 is 0 Å². The molecule has 92 valence electrons. The van der Waals surface area contributed by atoms with Gasteiger partial charge in [-0.1, -0.05) is 6.07 Å². The average molecular weight is 243 g/mol. The lowest BCUT2D eigenvalue weighted by atomic mass is 10.3. The van der Waals surface area contributed by atoms with Gasteiger partial charge in [0, 0.05) is 13.2 Å². The first-order chi connectivity index (χ1) is 8.70. The Labute approximate surface area is 103 Å². The van der Waals surface area contributed by atoms with Gasteiger partial charge in [-0.05, 0) is 18.6 Å². The molecule has 0 aliphatic rings. The first-order valence-electron chi connectivity index (χ1n) is 5.62. The van der Waals surface area contributed by atoms with E-state index in [9.17, 15) is 0 Å². The van der Waals surface area contributed by atoms with Gasteiger partial charge in [0.1, 0.15) is 6.33 Å². The molecule has 0 saturated carbocycles. The number of nitrogens with one attached hydrogen (secondary N) is 1. The average Bonchev–Trinajstić information content (AvgIpc) is 2.92. The van der Waals surface area contributed by atoms with Gasteiger partial charge in [0.2, 0.25) is 5.95 Å². The third kappa shape index (κ3) is 2.02. The highest BCUT2D eigenvalue weighted by atomic mass is 15.4. The predicted molar refractivity (Wildman–Crippen MR) is 66.1 cm³/mol. The quantitative estimate of drug-likeness (QED) is 0.736. The summed E-state index contributed by atoms with van der Waals surface area (Å²) in [6.45, 7) is 2.53. The highest BCUT2D eigenvalue weighted by molar-refractivity contribution is 5.44. The van der Waals surface area contributed by atoms with Gasteiger partial charge in [-0.3, -0.25) is 4.68 Å². The van der Waals surface area contributed by atoms with E-state index < -0.39 is 0 Å². The Hall–Kier alpha value is -2.44. The van der Waals surface area contributed by atoms with Gasteiger partial charge in [-0.2, -0.15) is 10.1 Å². The zero-order chi connectivity index (χ0) is 12.5. The van der Waals surface area contributed by atoms with Crippen LogP contribution in [0, 0.1) is 6.92 Å². The molecule has 0 spiro atoms. The molecule has 3 aromatic rings. The van der Waals surface area contributed by atoms with E-state index in [0.717, 1.165) is 11.2 Å². The summed E-state index contributed by atoms with van der Waals surface area (Å²) in [5.41, 5.74) is 1.96. The van der Waals surface area contributed by atoms with Crippen LogP contribution < -0.4 is 5.32 Å². The molecule has 0 radical (unpaired) electrons. The monoisotopic (exact) mass is 243 g/mol. The maximum atomic E-state index is 4.35. The Morgan fingerprint density at radius 1 is 1.28 bits per heavy atom. The molecule has 0 unspecified atom stereocenters. The van der Waals surface area contributed by atoms with E-state index in [-0.39, 0.29) is 0 Å². The lowest BCUT2D eigenvalue weighted by Gasteiger charge is -1.95.